The zero-order chi connectivity index (χ0) is 9.99. The highest BCUT2D eigenvalue weighted by Crippen LogP contribution is 2.27. The second kappa shape index (κ2) is 3.64. The Morgan fingerprint density at radius 1 is 1.00 bits per heavy atom. The minimum atomic E-state index is 0.329. The van der Waals surface area contributed by atoms with Crippen LogP contribution in [-0.4, -0.2) is 0 Å². The van der Waals surface area contributed by atoms with E-state index in [0.29, 0.717) is 10.8 Å². The minimum absolute atomic E-state index is 0.329. The van der Waals surface area contributed by atoms with Gasteiger partial charge in [0.1, 0.15) is 0 Å². The van der Waals surface area contributed by atoms with Gasteiger partial charge < -0.3 is 0 Å². The fraction of sp³-hybridized carbons (Fsp3) is 0.833. The van der Waals surface area contributed by atoms with Crippen LogP contribution in [0, 0.1) is 10.8 Å². The van der Waals surface area contributed by atoms with Crippen molar-refractivity contribution in [1.29, 1.82) is 0 Å². The van der Waals surface area contributed by atoms with Gasteiger partial charge in [0.25, 0.3) is 0 Å². The maximum atomic E-state index is 2.37. The quantitative estimate of drug-likeness (QED) is 0.509. The molecule has 0 aromatic carbocycles. The van der Waals surface area contributed by atoms with Crippen LogP contribution in [-0.2, 0) is 0 Å². The minimum Gasteiger partial charge on any atom is -0.0802 e. The summed E-state index contributed by atoms with van der Waals surface area (Å²) in [5.74, 6) is 0. The van der Waals surface area contributed by atoms with Gasteiger partial charge in [-0.05, 0) is 24.2 Å². The van der Waals surface area contributed by atoms with Crippen LogP contribution in [0.3, 0.4) is 0 Å². The van der Waals surface area contributed by atoms with Crippen LogP contribution >= 0.6 is 0 Å². The van der Waals surface area contributed by atoms with E-state index in [4.69, 9.17) is 0 Å². The maximum absolute atomic E-state index is 2.37. The van der Waals surface area contributed by atoms with Crippen LogP contribution in [0.25, 0.3) is 0 Å². The third-order valence-electron chi connectivity index (χ3n) is 1.49. The molecule has 0 aliphatic carbocycles. The summed E-state index contributed by atoms with van der Waals surface area (Å²) in [7, 11) is 0. The Balaban J connectivity index is 4.23. The van der Waals surface area contributed by atoms with Gasteiger partial charge in [-0.1, -0.05) is 53.2 Å². The first-order valence-electron chi connectivity index (χ1n) is 4.78. The average Bonchev–Trinajstić information content (AvgIpc) is 1.49. The lowest BCUT2D eigenvalue weighted by atomic mass is 9.85. The highest BCUT2D eigenvalue weighted by molar-refractivity contribution is 5.05. The molecule has 72 valence electrons. The largest absolute Gasteiger partial charge is 0.0802 e. The molecule has 0 aromatic rings. The second-order valence-electron chi connectivity index (χ2n) is 6.09. The molecule has 0 unspecified atom stereocenters. The van der Waals surface area contributed by atoms with E-state index in [-0.39, 0.29) is 0 Å². The van der Waals surface area contributed by atoms with Crippen LogP contribution in [0.5, 0.6) is 0 Å². The zero-order valence-electron chi connectivity index (χ0n) is 9.78. The predicted octanol–water partition coefficient (Wildman–Crippen LogP) is 4.42. The summed E-state index contributed by atoms with van der Waals surface area (Å²) >= 11 is 0. The van der Waals surface area contributed by atoms with Gasteiger partial charge in [-0.25, -0.2) is 0 Å². The maximum Gasteiger partial charge on any atom is -0.0201 e. The number of rotatable bonds is 1. The molecule has 0 atom stereocenters. The fourth-order valence-corrected chi connectivity index (χ4v) is 1.63. The number of allylic oxidation sites excluding steroid dienone is 2. The van der Waals surface area contributed by atoms with Crippen molar-refractivity contribution in [1.82, 2.24) is 0 Å². The van der Waals surface area contributed by atoms with E-state index in [0.717, 1.165) is 0 Å². The summed E-state index contributed by atoms with van der Waals surface area (Å²) in [6.45, 7) is 15.8. The monoisotopic (exact) mass is 168 g/mol. The van der Waals surface area contributed by atoms with E-state index in [1.54, 1.807) is 0 Å². The standard InChI is InChI=1S/C12H24/c1-10(8-11(2,3)4)9-12(5,6)7/h8H,9H2,1-7H3. The average molecular weight is 168 g/mol. The first kappa shape index (κ1) is 11.7. The van der Waals surface area contributed by atoms with Crippen molar-refractivity contribution >= 4 is 0 Å². The summed E-state index contributed by atoms with van der Waals surface area (Å²) in [4.78, 5) is 0. The Morgan fingerprint density at radius 3 is 1.67 bits per heavy atom. The molecule has 0 spiro atoms. The second-order valence-corrected chi connectivity index (χ2v) is 6.09. The van der Waals surface area contributed by atoms with E-state index in [9.17, 15) is 0 Å². The van der Waals surface area contributed by atoms with Crippen LogP contribution in [0.4, 0.5) is 0 Å². The Morgan fingerprint density at radius 2 is 1.42 bits per heavy atom. The van der Waals surface area contributed by atoms with E-state index >= 15 is 0 Å². The van der Waals surface area contributed by atoms with E-state index in [2.05, 4.69) is 54.5 Å². The molecule has 0 bridgehead atoms. The summed E-state index contributed by atoms with van der Waals surface area (Å²) < 4.78 is 0. The smallest absolute Gasteiger partial charge is 0.0201 e. The molecular weight excluding hydrogens is 144 g/mol. The third-order valence-corrected chi connectivity index (χ3v) is 1.49. The van der Waals surface area contributed by atoms with Gasteiger partial charge in [-0.15, -0.1) is 0 Å². The highest BCUT2D eigenvalue weighted by atomic mass is 14.2. The number of hydrogen-bond acceptors (Lipinski definition) is 0. The SMILES string of the molecule is CC(=CC(C)(C)C)CC(C)(C)C. The van der Waals surface area contributed by atoms with Crippen molar-refractivity contribution in [3.05, 3.63) is 11.6 Å². The molecule has 0 N–H and O–H groups in total. The van der Waals surface area contributed by atoms with Gasteiger partial charge in [0.15, 0.2) is 0 Å². The van der Waals surface area contributed by atoms with Crippen molar-refractivity contribution in [2.45, 2.75) is 54.9 Å². The van der Waals surface area contributed by atoms with Gasteiger partial charge in [-0.2, -0.15) is 0 Å². The number of hydrogen-bond donors (Lipinski definition) is 0. The van der Waals surface area contributed by atoms with Crippen LogP contribution < -0.4 is 0 Å². The Bertz CT molecular complexity index is 159. The zero-order valence-corrected chi connectivity index (χ0v) is 9.78. The molecule has 0 saturated heterocycles. The first-order valence-corrected chi connectivity index (χ1v) is 4.78. The van der Waals surface area contributed by atoms with Gasteiger partial charge >= 0.3 is 0 Å². The van der Waals surface area contributed by atoms with Crippen molar-refractivity contribution in [2.24, 2.45) is 10.8 Å². The molecule has 0 nitrogen and oxygen atoms in total. The summed E-state index contributed by atoms with van der Waals surface area (Å²) in [5.41, 5.74) is 2.26. The molecule has 12 heavy (non-hydrogen) atoms. The predicted molar refractivity (Wildman–Crippen MR) is 57.3 cm³/mol. The van der Waals surface area contributed by atoms with Crippen molar-refractivity contribution < 1.29 is 0 Å². The lowest BCUT2D eigenvalue weighted by Crippen LogP contribution is -2.07. The normalized spacial score (nSPS) is 15.1. The molecule has 0 radical (unpaired) electrons. The molecular formula is C12H24. The van der Waals surface area contributed by atoms with Gasteiger partial charge in [0.05, 0.1) is 0 Å². The summed E-state index contributed by atoms with van der Waals surface area (Å²) in [5, 5.41) is 0. The highest BCUT2D eigenvalue weighted by Gasteiger charge is 2.13. The lowest BCUT2D eigenvalue weighted by molar-refractivity contribution is 0.405. The third kappa shape index (κ3) is 7.84. The van der Waals surface area contributed by atoms with Crippen molar-refractivity contribution in [2.75, 3.05) is 0 Å². The first-order chi connectivity index (χ1) is 5.10. The lowest BCUT2D eigenvalue weighted by Gasteiger charge is -2.21. The van der Waals surface area contributed by atoms with Gasteiger partial charge in [0, 0.05) is 0 Å². The molecule has 0 aliphatic rings. The molecule has 0 heterocycles. The molecule has 0 amide bonds. The Hall–Kier alpha value is -0.260. The molecule has 0 aromatic heterocycles. The van der Waals surface area contributed by atoms with Crippen LogP contribution in [0.2, 0.25) is 0 Å². The van der Waals surface area contributed by atoms with Gasteiger partial charge in [0.2, 0.25) is 0 Å². The molecule has 0 aliphatic heterocycles. The summed E-state index contributed by atoms with van der Waals surface area (Å²) in [6, 6.07) is 0. The van der Waals surface area contributed by atoms with Crippen molar-refractivity contribution in [3.8, 4) is 0 Å². The van der Waals surface area contributed by atoms with Gasteiger partial charge in [-0.3, -0.25) is 0 Å². The van der Waals surface area contributed by atoms with Crippen molar-refractivity contribution in [3.63, 3.8) is 0 Å². The molecule has 0 saturated carbocycles. The van der Waals surface area contributed by atoms with Crippen LogP contribution in [0.15, 0.2) is 11.6 Å². The summed E-state index contributed by atoms with van der Waals surface area (Å²) in [6.07, 6.45) is 3.57. The van der Waals surface area contributed by atoms with E-state index in [1.165, 1.54) is 12.0 Å². The van der Waals surface area contributed by atoms with Crippen LogP contribution in [0.1, 0.15) is 54.9 Å². The Kier molecular flexibility index (Phi) is 3.56. The molecule has 0 heteroatoms. The van der Waals surface area contributed by atoms with E-state index < -0.39 is 0 Å². The molecule has 0 rings (SSSR count). The van der Waals surface area contributed by atoms with E-state index in [1.807, 2.05) is 0 Å². The fourth-order valence-electron chi connectivity index (χ4n) is 1.63. The topological polar surface area (TPSA) is 0 Å². The Labute approximate surface area is 78.1 Å². The molecule has 0 fully saturated rings.